The van der Waals surface area contributed by atoms with Crippen molar-refractivity contribution in [3.63, 3.8) is 0 Å². The fraction of sp³-hybridized carbons (Fsp3) is 0.278. The number of phenolic OH excluding ortho intramolecular Hbond substituents is 1. The summed E-state index contributed by atoms with van der Waals surface area (Å²) in [6, 6.07) is 9.54. The SMILES string of the molecule is Cc1ccc(C)c(OCCC(=O)NCc2cc([N+](=O)[O-])ccc2O)c1. The molecule has 0 atom stereocenters. The van der Waals surface area contributed by atoms with Gasteiger partial charge < -0.3 is 15.2 Å². The van der Waals surface area contributed by atoms with Gasteiger partial charge in [-0.3, -0.25) is 14.9 Å². The minimum absolute atomic E-state index is 0.00974. The summed E-state index contributed by atoms with van der Waals surface area (Å²) in [6.07, 6.45) is 0.142. The molecular weight excluding hydrogens is 324 g/mol. The largest absolute Gasteiger partial charge is 0.508 e. The molecule has 7 nitrogen and oxygen atoms in total. The summed E-state index contributed by atoms with van der Waals surface area (Å²) in [5, 5.41) is 23.1. The van der Waals surface area contributed by atoms with Gasteiger partial charge in [-0.2, -0.15) is 0 Å². The van der Waals surface area contributed by atoms with E-state index < -0.39 is 4.92 Å². The van der Waals surface area contributed by atoms with Crippen LogP contribution in [-0.2, 0) is 11.3 Å². The minimum Gasteiger partial charge on any atom is -0.508 e. The number of hydrogen-bond acceptors (Lipinski definition) is 5. The molecular formula is C18H20N2O5. The number of non-ortho nitro benzene ring substituents is 1. The topological polar surface area (TPSA) is 102 Å². The van der Waals surface area contributed by atoms with Crippen LogP contribution in [0.25, 0.3) is 0 Å². The quantitative estimate of drug-likeness (QED) is 0.594. The summed E-state index contributed by atoms with van der Waals surface area (Å²) < 4.78 is 5.62. The van der Waals surface area contributed by atoms with Gasteiger partial charge in [0.2, 0.25) is 5.91 Å². The molecule has 0 aliphatic carbocycles. The van der Waals surface area contributed by atoms with Crippen LogP contribution in [0.1, 0.15) is 23.1 Å². The van der Waals surface area contributed by atoms with E-state index in [1.54, 1.807) is 0 Å². The standard InChI is InChI=1S/C18H20N2O5/c1-12-3-4-13(2)17(9-12)25-8-7-18(22)19-11-14-10-15(20(23)24)5-6-16(14)21/h3-6,9-10,21H,7-8,11H2,1-2H3,(H,19,22). The molecule has 0 saturated heterocycles. The first-order valence-electron chi connectivity index (χ1n) is 7.80. The number of carbonyl (C=O) groups excluding carboxylic acids is 1. The molecule has 0 heterocycles. The summed E-state index contributed by atoms with van der Waals surface area (Å²) in [4.78, 5) is 22.1. The summed E-state index contributed by atoms with van der Waals surface area (Å²) in [5.41, 5.74) is 2.22. The number of rotatable bonds is 7. The van der Waals surface area contributed by atoms with Crippen molar-refractivity contribution in [1.29, 1.82) is 0 Å². The zero-order valence-electron chi connectivity index (χ0n) is 14.1. The van der Waals surface area contributed by atoms with E-state index in [4.69, 9.17) is 4.74 Å². The molecule has 0 saturated carbocycles. The summed E-state index contributed by atoms with van der Waals surface area (Å²) in [7, 11) is 0. The normalized spacial score (nSPS) is 10.3. The van der Waals surface area contributed by atoms with Crippen molar-refractivity contribution < 1.29 is 19.6 Å². The Morgan fingerprint density at radius 3 is 2.72 bits per heavy atom. The van der Waals surface area contributed by atoms with Gasteiger partial charge in [-0.25, -0.2) is 0 Å². The number of aryl methyl sites for hydroxylation is 2. The monoisotopic (exact) mass is 344 g/mol. The first-order valence-corrected chi connectivity index (χ1v) is 7.80. The van der Waals surface area contributed by atoms with Crippen LogP contribution < -0.4 is 10.1 Å². The van der Waals surface area contributed by atoms with E-state index in [-0.39, 0.29) is 42.5 Å². The molecule has 2 N–H and O–H groups in total. The van der Waals surface area contributed by atoms with Gasteiger partial charge in [0.1, 0.15) is 11.5 Å². The molecule has 0 radical (unpaired) electrons. The molecule has 1 amide bonds. The predicted molar refractivity (Wildman–Crippen MR) is 92.6 cm³/mol. The number of ether oxygens (including phenoxy) is 1. The first kappa shape index (κ1) is 18.3. The molecule has 0 aliphatic heterocycles. The maximum atomic E-state index is 11.9. The van der Waals surface area contributed by atoms with Gasteiger partial charge in [0.15, 0.2) is 0 Å². The van der Waals surface area contributed by atoms with E-state index in [0.29, 0.717) is 0 Å². The number of amides is 1. The third-order valence-electron chi connectivity index (χ3n) is 3.68. The van der Waals surface area contributed by atoms with Gasteiger partial charge in [0.25, 0.3) is 5.69 Å². The predicted octanol–water partition coefficient (Wildman–Crippen LogP) is 3.00. The Balaban J connectivity index is 1.84. The lowest BCUT2D eigenvalue weighted by Crippen LogP contribution is -2.24. The van der Waals surface area contributed by atoms with Crippen molar-refractivity contribution in [3.8, 4) is 11.5 Å². The lowest BCUT2D eigenvalue weighted by Gasteiger charge is -2.10. The van der Waals surface area contributed by atoms with Gasteiger partial charge in [-0.15, -0.1) is 0 Å². The molecule has 0 aliphatic rings. The average molecular weight is 344 g/mol. The van der Waals surface area contributed by atoms with Crippen molar-refractivity contribution in [3.05, 3.63) is 63.2 Å². The van der Waals surface area contributed by atoms with Gasteiger partial charge in [0.05, 0.1) is 18.0 Å². The number of aromatic hydroxyl groups is 1. The van der Waals surface area contributed by atoms with E-state index >= 15 is 0 Å². The number of nitrogens with one attached hydrogen (secondary N) is 1. The van der Waals surface area contributed by atoms with Crippen molar-refractivity contribution in [1.82, 2.24) is 5.32 Å². The zero-order valence-corrected chi connectivity index (χ0v) is 14.1. The van der Waals surface area contributed by atoms with E-state index in [1.807, 2.05) is 32.0 Å². The summed E-state index contributed by atoms with van der Waals surface area (Å²) in [6.45, 7) is 4.12. The Labute approximate surface area is 145 Å². The smallest absolute Gasteiger partial charge is 0.270 e. The lowest BCUT2D eigenvalue weighted by atomic mass is 10.1. The summed E-state index contributed by atoms with van der Waals surface area (Å²) in [5.74, 6) is 0.373. The molecule has 25 heavy (non-hydrogen) atoms. The summed E-state index contributed by atoms with van der Waals surface area (Å²) >= 11 is 0. The Bertz CT molecular complexity index is 789. The average Bonchev–Trinajstić information content (AvgIpc) is 2.57. The maximum Gasteiger partial charge on any atom is 0.270 e. The molecule has 0 spiro atoms. The fourth-order valence-corrected chi connectivity index (χ4v) is 2.23. The van der Waals surface area contributed by atoms with Gasteiger partial charge in [-0.05, 0) is 37.1 Å². The number of carbonyl (C=O) groups is 1. The molecule has 0 aromatic heterocycles. The van der Waals surface area contributed by atoms with Crippen LogP contribution in [0, 0.1) is 24.0 Å². The highest BCUT2D eigenvalue weighted by Crippen LogP contribution is 2.23. The molecule has 0 fully saturated rings. The van der Waals surface area contributed by atoms with Crippen molar-refractivity contribution >= 4 is 11.6 Å². The van der Waals surface area contributed by atoms with Gasteiger partial charge >= 0.3 is 0 Å². The Hall–Kier alpha value is -3.09. The molecule has 0 unspecified atom stereocenters. The fourth-order valence-electron chi connectivity index (χ4n) is 2.23. The molecule has 7 heteroatoms. The number of nitro benzene ring substituents is 1. The highest BCUT2D eigenvalue weighted by Gasteiger charge is 2.11. The van der Waals surface area contributed by atoms with E-state index in [9.17, 15) is 20.0 Å². The van der Waals surface area contributed by atoms with E-state index in [0.717, 1.165) is 16.9 Å². The Morgan fingerprint density at radius 1 is 1.24 bits per heavy atom. The number of nitro groups is 1. The van der Waals surface area contributed by atoms with Crippen molar-refractivity contribution in [2.45, 2.75) is 26.8 Å². The van der Waals surface area contributed by atoms with Crippen LogP contribution in [0.15, 0.2) is 36.4 Å². The minimum atomic E-state index is -0.553. The van der Waals surface area contributed by atoms with Crippen LogP contribution in [0.4, 0.5) is 5.69 Å². The number of hydrogen-bond donors (Lipinski definition) is 2. The molecule has 0 bridgehead atoms. The third kappa shape index (κ3) is 5.20. The number of nitrogens with zero attached hydrogens (tertiary/aromatic N) is 1. The number of benzene rings is 2. The van der Waals surface area contributed by atoms with Crippen LogP contribution in [-0.4, -0.2) is 22.5 Å². The molecule has 2 rings (SSSR count). The van der Waals surface area contributed by atoms with Crippen LogP contribution in [0.2, 0.25) is 0 Å². The first-order chi connectivity index (χ1) is 11.9. The second-order valence-corrected chi connectivity index (χ2v) is 5.71. The van der Waals surface area contributed by atoms with Crippen LogP contribution in [0.3, 0.4) is 0 Å². The van der Waals surface area contributed by atoms with Crippen LogP contribution >= 0.6 is 0 Å². The molecule has 2 aromatic carbocycles. The van der Waals surface area contributed by atoms with Gasteiger partial charge in [0, 0.05) is 24.2 Å². The number of phenols is 1. The zero-order chi connectivity index (χ0) is 18.4. The van der Waals surface area contributed by atoms with E-state index in [1.165, 1.54) is 18.2 Å². The maximum absolute atomic E-state index is 11.9. The van der Waals surface area contributed by atoms with Gasteiger partial charge in [-0.1, -0.05) is 12.1 Å². The second-order valence-electron chi connectivity index (χ2n) is 5.71. The second kappa shape index (κ2) is 8.14. The van der Waals surface area contributed by atoms with Crippen molar-refractivity contribution in [2.24, 2.45) is 0 Å². The lowest BCUT2D eigenvalue weighted by molar-refractivity contribution is -0.384. The van der Waals surface area contributed by atoms with Crippen LogP contribution in [0.5, 0.6) is 11.5 Å². The van der Waals surface area contributed by atoms with Crippen molar-refractivity contribution in [2.75, 3.05) is 6.61 Å². The molecule has 2 aromatic rings. The highest BCUT2D eigenvalue weighted by atomic mass is 16.6. The Morgan fingerprint density at radius 2 is 2.00 bits per heavy atom. The molecule has 132 valence electrons. The third-order valence-corrected chi connectivity index (χ3v) is 3.68. The van der Waals surface area contributed by atoms with E-state index in [2.05, 4.69) is 5.32 Å². The highest BCUT2D eigenvalue weighted by molar-refractivity contribution is 5.76. The Kier molecular flexibility index (Phi) is 5.94.